The van der Waals surface area contributed by atoms with Gasteiger partial charge in [0.2, 0.25) is 10.0 Å². The summed E-state index contributed by atoms with van der Waals surface area (Å²) in [5.41, 5.74) is 0.791. The largest absolute Gasteiger partial charge is 0.457 e. The Bertz CT molecular complexity index is 1060. The van der Waals surface area contributed by atoms with Crippen molar-refractivity contribution in [3.8, 4) is 0 Å². The van der Waals surface area contributed by atoms with Crippen LogP contribution in [0, 0.1) is 0 Å². The van der Waals surface area contributed by atoms with Crippen molar-refractivity contribution in [1.29, 1.82) is 0 Å². The second-order valence-electron chi connectivity index (χ2n) is 6.35. The van der Waals surface area contributed by atoms with Gasteiger partial charge in [0.25, 0.3) is 0 Å². The van der Waals surface area contributed by atoms with E-state index < -0.39 is 31.9 Å². The topological polar surface area (TPSA) is 124 Å². The Morgan fingerprint density at radius 3 is 2.81 bits per heavy atom. The Balaban J connectivity index is 1.69. The van der Waals surface area contributed by atoms with E-state index in [-0.39, 0.29) is 35.0 Å². The molecule has 1 saturated heterocycles. The van der Waals surface area contributed by atoms with Crippen molar-refractivity contribution < 1.29 is 26.4 Å². The predicted octanol–water partition coefficient (Wildman–Crippen LogP) is 0.243. The SMILES string of the molecule is Cn1cc(COC(=O)c2cccc(S(=O)(=O)NC3CCS(=O)(=O)C3)c2)cn1. The molecule has 3 rings (SSSR count). The fraction of sp³-hybridized carbons (Fsp3) is 0.375. The average molecular weight is 413 g/mol. The van der Waals surface area contributed by atoms with Crippen molar-refractivity contribution in [1.82, 2.24) is 14.5 Å². The number of hydrogen-bond acceptors (Lipinski definition) is 7. The molecular formula is C16H19N3O6S2. The zero-order valence-electron chi connectivity index (χ0n) is 14.5. The Hall–Kier alpha value is -2.24. The summed E-state index contributed by atoms with van der Waals surface area (Å²) in [5.74, 6) is -0.931. The minimum Gasteiger partial charge on any atom is -0.457 e. The number of nitrogens with zero attached hydrogens (tertiary/aromatic N) is 2. The molecule has 0 bridgehead atoms. The lowest BCUT2D eigenvalue weighted by Crippen LogP contribution is -2.35. The molecule has 11 heteroatoms. The first kappa shape index (κ1) is 19.5. The van der Waals surface area contributed by atoms with Crippen LogP contribution < -0.4 is 4.72 Å². The Labute approximate surface area is 157 Å². The lowest BCUT2D eigenvalue weighted by molar-refractivity contribution is 0.0472. The van der Waals surface area contributed by atoms with Gasteiger partial charge in [0.15, 0.2) is 9.84 Å². The number of aryl methyl sites for hydroxylation is 1. The van der Waals surface area contributed by atoms with Crippen molar-refractivity contribution in [3.63, 3.8) is 0 Å². The Morgan fingerprint density at radius 1 is 1.41 bits per heavy atom. The van der Waals surface area contributed by atoms with Crippen LogP contribution in [0.3, 0.4) is 0 Å². The van der Waals surface area contributed by atoms with E-state index in [4.69, 9.17) is 4.74 Å². The quantitative estimate of drug-likeness (QED) is 0.673. The number of aromatic nitrogens is 2. The van der Waals surface area contributed by atoms with Gasteiger partial charge in [0.05, 0.1) is 28.2 Å². The van der Waals surface area contributed by atoms with Crippen molar-refractivity contribution in [2.24, 2.45) is 7.05 Å². The number of nitrogens with one attached hydrogen (secondary N) is 1. The monoisotopic (exact) mass is 413 g/mol. The van der Waals surface area contributed by atoms with Crippen LogP contribution in [-0.4, -0.2) is 50.1 Å². The number of carbonyl (C=O) groups excluding carboxylic acids is 1. The second-order valence-corrected chi connectivity index (χ2v) is 10.3. The van der Waals surface area contributed by atoms with E-state index in [9.17, 15) is 21.6 Å². The van der Waals surface area contributed by atoms with E-state index in [2.05, 4.69) is 9.82 Å². The molecule has 0 aliphatic carbocycles. The third-order valence-electron chi connectivity index (χ3n) is 4.06. The van der Waals surface area contributed by atoms with Gasteiger partial charge >= 0.3 is 5.97 Å². The van der Waals surface area contributed by atoms with Gasteiger partial charge in [-0.2, -0.15) is 5.10 Å². The van der Waals surface area contributed by atoms with Crippen molar-refractivity contribution in [3.05, 3.63) is 47.8 Å². The van der Waals surface area contributed by atoms with E-state index in [0.29, 0.717) is 5.56 Å². The van der Waals surface area contributed by atoms with Crippen LogP contribution in [0.15, 0.2) is 41.6 Å². The van der Waals surface area contributed by atoms with Crippen LogP contribution in [0.5, 0.6) is 0 Å². The Morgan fingerprint density at radius 2 is 2.19 bits per heavy atom. The summed E-state index contributed by atoms with van der Waals surface area (Å²) in [7, 11) is -5.42. The van der Waals surface area contributed by atoms with Gasteiger partial charge in [0, 0.05) is 24.8 Å². The molecule has 9 nitrogen and oxygen atoms in total. The summed E-state index contributed by atoms with van der Waals surface area (Å²) < 4.78 is 57.1. The van der Waals surface area contributed by atoms with Gasteiger partial charge in [-0.05, 0) is 24.6 Å². The van der Waals surface area contributed by atoms with E-state index in [1.165, 1.54) is 24.3 Å². The molecule has 1 aliphatic rings. The van der Waals surface area contributed by atoms with Gasteiger partial charge in [0.1, 0.15) is 6.61 Å². The lowest BCUT2D eigenvalue weighted by Gasteiger charge is -2.12. The molecule has 1 N–H and O–H groups in total. The molecule has 1 atom stereocenters. The van der Waals surface area contributed by atoms with E-state index in [1.807, 2.05) is 0 Å². The van der Waals surface area contributed by atoms with E-state index >= 15 is 0 Å². The van der Waals surface area contributed by atoms with Crippen LogP contribution >= 0.6 is 0 Å². The number of carbonyl (C=O) groups is 1. The van der Waals surface area contributed by atoms with Crippen molar-refractivity contribution in [2.45, 2.75) is 24.0 Å². The van der Waals surface area contributed by atoms with E-state index in [0.717, 1.165) is 0 Å². The zero-order valence-corrected chi connectivity index (χ0v) is 16.2. The standard InChI is InChI=1S/C16H19N3O6S2/c1-19-9-12(8-17-19)10-25-16(20)13-3-2-4-15(7-13)27(23,24)18-14-5-6-26(21,22)11-14/h2-4,7-9,14,18H,5-6,10-11H2,1H3. The fourth-order valence-corrected chi connectivity index (χ4v) is 5.84. The van der Waals surface area contributed by atoms with Crippen LogP contribution in [0.2, 0.25) is 0 Å². The average Bonchev–Trinajstić information content (AvgIpc) is 3.17. The molecule has 0 radical (unpaired) electrons. The van der Waals surface area contributed by atoms with Gasteiger partial charge in [-0.25, -0.2) is 26.4 Å². The molecular weight excluding hydrogens is 394 g/mol. The fourth-order valence-electron chi connectivity index (χ4n) is 2.74. The lowest BCUT2D eigenvalue weighted by atomic mass is 10.2. The summed E-state index contributed by atoms with van der Waals surface area (Å²) in [5, 5.41) is 3.97. The minimum atomic E-state index is -3.95. The van der Waals surface area contributed by atoms with Gasteiger partial charge in [-0.3, -0.25) is 4.68 Å². The highest BCUT2D eigenvalue weighted by atomic mass is 32.2. The van der Waals surface area contributed by atoms with Crippen LogP contribution in [-0.2, 0) is 38.3 Å². The number of ether oxygens (including phenoxy) is 1. The third-order valence-corrected chi connectivity index (χ3v) is 7.35. The van der Waals surface area contributed by atoms with Crippen LogP contribution in [0.4, 0.5) is 0 Å². The molecule has 1 fully saturated rings. The molecule has 1 unspecified atom stereocenters. The number of hydrogen-bond donors (Lipinski definition) is 1. The molecule has 0 spiro atoms. The minimum absolute atomic E-state index is 0.0157. The molecule has 146 valence electrons. The highest BCUT2D eigenvalue weighted by Crippen LogP contribution is 2.17. The maximum Gasteiger partial charge on any atom is 0.338 e. The first-order chi connectivity index (χ1) is 12.6. The first-order valence-electron chi connectivity index (χ1n) is 8.12. The summed E-state index contributed by atoms with van der Waals surface area (Å²) in [6, 6.07) is 4.76. The number of sulfone groups is 1. The maximum atomic E-state index is 12.5. The van der Waals surface area contributed by atoms with Gasteiger partial charge < -0.3 is 4.74 Å². The molecule has 1 aromatic heterocycles. The number of rotatable bonds is 6. The van der Waals surface area contributed by atoms with Crippen LogP contribution in [0.25, 0.3) is 0 Å². The third kappa shape index (κ3) is 4.93. The predicted molar refractivity (Wildman–Crippen MR) is 96.1 cm³/mol. The number of sulfonamides is 1. The van der Waals surface area contributed by atoms with Crippen LogP contribution in [0.1, 0.15) is 22.3 Å². The van der Waals surface area contributed by atoms with Gasteiger partial charge in [-0.15, -0.1) is 0 Å². The molecule has 1 aliphatic heterocycles. The molecule has 2 heterocycles. The Kier molecular flexibility index (Phi) is 5.36. The number of benzene rings is 1. The molecule has 0 amide bonds. The zero-order chi connectivity index (χ0) is 19.7. The molecule has 2 aromatic rings. The summed E-state index contributed by atoms with van der Waals surface area (Å²) in [4.78, 5) is 12.1. The first-order valence-corrected chi connectivity index (χ1v) is 11.4. The molecule has 27 heavy (non-hydrogen) atoms. The van der Waals surface area contributed by atoms with Crippen molar-refractivity contribution >= 4 is 25.8 Å². The highest BCUT2D eigenvalue weighted by Gasteiger charge is 2.31. The molecule has 0 saturated carbocycles. The summed E-state index contributed by atoms with van der Waals surface area (Å²) in [6.07, 6.45) is 3.50. The van der Waals surface area contributed by atoms with Crippen molar-refractivity contribution in [2.75, 3.05) is 11.5 Å². The smallest absolute Gasteiger partial charge is 0.338 e. The van der Waals surface area contributed by atoms with E-state index in [1.54, 1.807) is 24.1 Å². The summed E-state index contributed by atoms with van der Waals surface area (Å²) >= 11 is 0. The second kappa shape index (κ2) is 7.41. The van der Waals surface area contributed by atoms with Gasteiger partial charge in [-0.1, -0.05) is 6.07 Å². The number of esters is 1. The molecule has 1 aromatic carbocycles. The normalized spacial score (nSPS) is 19.1. The highest BCUT2D eigenvalue weighted by molar-refractivity contribution is 7.92. The summed E-state index contributed by atoms with van der Waals surface area (Å²) in [6.45, 7) is 0.0157. The maximum absolute atomic E-state index is 12.5.